The van der Waals surface area contributed by atoms with E-state index in [0.717, 1.165) is 25.5 Å². The lowest BCUT2D eigenvalue weighted by molar-refractivity contribution is -0.0827. The van der Waals surface area contributed by atoms with Gasteiger partial charge in [0.25, 0.3) is 0 Å². The Hall–Kier alpha value is -1.06. The first-order valence-corrected chi connectivity index (χ1v) is 7.39. The van der Waals surface area contributed by atoms with E-state index in [2.05, 4.69) is 23.5 Å². The van der Waals surface area contributed by atoms with Gasteiger partial charge in [0, 0.05) is 6.04 Å². The van der Waals surface area contributed by atoms with Gasteiger partial charge in [0.2, 0.25) is 0 Å². The van der Waals surface area contributed by atoms with Gasteiger partial charge < -0.3 is 14.8 Å². The average Bonchev–Trinajstić information content (AvgIpc) is 2.40. The van der Waals surface area contributed by atoms with E-state index in [1.165, 1.54) is 24.8 Å². The summed E-state index contributed by atoms with van der Waals surface area (Å²) >= 11 is 0. The van der Waals surface area contributed by atoms with Crippen molar-refractivity contribution in [3.05, 3.63) is 29.8 Å². The zero-order valence-electron chi connectivity index (χ0n) is 11.7. The first-order valence-electron chi connectivity index (χ1n) is 7.39. The van der Waals surface area contributed by atoms with Crippen molar-refractivity contribution >= 4 is 0 Å². The molecule has 1 aromatic carbocycles. The molecule has 0 amide bonds. The van der Waals surface area contributed by atoms with Crippen LogP contribution in [-0.2, 0) is 10.2 Å². The lowest BCUT2D eigenvalue weighted by Crippen LogP contribution is -2.61. The van der Waals surface area contributed by atoms with Crippen molar-refractivity contribution in [2.45, 2.75) is 37.6 Å². The molecule has 2 heterocycles. The van der Waals surface area contributed by atoms with Crippen molar-refractivity contribution in [1.29, 1.82) is 0 Å². The number of hydrogen-bond donors (Lipinski definition) is 1. The summed E-state index contributed by atoms with van der Waals surface area (Å²) in [7, 11) is 0. The van der Waals surface area contributed by atoms with Crippen molar-refractivity contribution in [2.75, 3.05) is 26.4 Å². The molecular weight excluding hydrogens is 238 g/mol. The summed E-state index contributed by atoms with van der Waals surface area (Å²) in [4.78, 5) is 0. The van der Waals surface area contributed by atoms with Crippen LogP contribution in [0.4, 0.5) is 0 Å². The molecule has 2 aliphatic rings. The largest absolute Gasteiger partial charge is 0.494 e. The molecule has 0 saturated carbocycles. The SMILES string of the molecule is CCOc1cccc(C2(C3CCCCN3)COC2)c1. The fourth-order valence-corrected chi connectivity index (χ4v) is 3.28. The third kappa shape index (κ3) is 2.37. The first kappa shape index (κ1) is 12.9. The number of hydrogen-bond acceptors (Lipinski definition) is 3. The Morgan fingerprint density at radius 3 is 2.89 bits per heavy atom. The minimum absolute atomic E-state index is 0.160. The molecule has 0 aromatic heterocycles. The normalized spacial score (nSPS) is 25.6. The standard InChI is InChI=1S/C16H23NO2/c1-2-19-14-7-5-6-13(10-14)16(11-18-12-16)15-8-3-4-9-17-15/h5-7,10,15,17H,2-4,8-9,11-12H2,1H3. The van der Waals surface area contributed by atoms with Crippen LogP contribution in [0.5, 0.6) is 5.75 Å². The lowest BCUT2D eigenvalue weighted by Gasteiger charge is -2.49. The zero-order valence-corrected chi connectivity index (χ0v) is 11.7. The maximum Gasteiger partial charge on any atom is 0.119 e. The van der Waals surface area contributed by atoms with E-state index in [1.54, 1.807) is 0 Å². The predicted octanol–water partition coefficient (Wildman–Crippen LogP) is 2.50. The zero-order chi connectivity index (χ0) is 13.1. The minimum atomic E-state index is 0.160. The van der Waals surface area contributed by atoms with E-state index in [-0.39, 0.29) is 5.41 Å². The topological polar surface area (TPSA) is 30.5 Å². The number of piperidine rings is 1. The predicted molar refractivity (Wildman–Crippen MR) is 75.7 cm³/mol. The summed E-state index contributed by atoms with van der Waals surface area (Å²) in [5.41, 5.74) is 1.53. The highest BCUT2D eigenvalue weighted by molar-refractivity contribution is 5.37. The highest BCUT2D eigenvalue weighted by Crippen LogP contribution is 2.39. The molecule has 2 aliphatic heterocycles. The van der Waals surface area contributed by atoms with Crippen molar-refractivity contribution in [3.8, 4) is 5.75 Å². The summed E-state index contributed by atoms with van der Waals surface area (Å²) in [5.74, 6) is 0.974. The average molecular weight is 261 g/mol. The summed E-state index contributed by atoms with van der Waals surface area (Å²) in [6, 6.07) is 9.10. The van der Waals surface area contributed by atoms with E-state index in [4.69, 9.17) is 9.47 Å². The maximum absolute atomic E-state index is 5.64. The van der Waals surface area contributed by atoms with Gasteiger partial charge in [-0.05, 0) is 44.0 Å². The van der Waals surface area contributed by atoms with E-state index < -0.39 is 0 Å². The third-order valence-corrected chi connectivity index (χ3v) is 4.42. The minimum Gasteiger partial charge on any atom is -0.494 e. The molecule has 1 unspecified atom stereocenters. The fourth-order valence-electron chi connectivity index (χ4n) is 3.28. The van der Waals surface area contributed by atoms with Crippen molar-refractivity contribution < 1.29 is 9.47 Å². The lowest BCUT2D eigenvalue weighted by atomic mass is 9.70. The molecule has 104 valence electrons. The van der Waals surface area contributed by atoms with Gasteiger partial charge in [-0.2, -0.15) is 0 Å². The highest BCUT2D eigenvalue weighted by atomic mass is 16.5. The Labute approximate surface area is 115 Å². The van der Waals surface area contributed by atoms with Gasteiger partial charge in [-0.1, -0.05) is 18.6 Å². The van der Waals surface area contributed by atoms with Gasteiger partial charge in [-0.25, -0.2) is 0 Å². The Morgan fingerprint density at radius 1 is 1.37 bits per heavy atom. The molecule has 2 saturated heterocycles. The van der Waals surface area contributed by atoms with Gasteiger partial charge in [-0.15, -0.1) is 0 Å². The van der Waals surface area contributed by atoms with E-state index >= 15 is 0 Å². The molecule has 2 fully saturated rings. The van der Waals surface area contributed by atoms with E-state index in [1.807, 2.05) is 13.0 Å². The maximum atomic E-state index is 5.64. The number of nitrogens with one attached hydrogen (secondary N) is 1. The van der Waals surface area contributed by atoms with E-state index in [9.17, 15) is 0 Å². The van der Waals surface area contributed by atoms with Gasteiger partial charge in [0.15, 0.2) is 0 Å². The highest BCUT2D eigenvalue weighted by Gasteiger charge is 2.47. The van der Waals surface area contributed by atoms with Gasteiger partial charge in [-0.3, -0.25) is 0 Å². The molecule has 1 aromatic rings. The monoisotopic (exact) mass is 261 g/mol. The van der Waals surface area contributed by atoms with Crippen LogP contribution in [0.15, 0.2) is 24.3 Å². The smallest absolute Gasteiger partial charge is 0.119 e. The molecule has 1 N–H and O–H groups in total. The van der Waals surface area contributed by atoms with Crippen LogP contribution >= 0.6 is 0 Å². The quantitative estimate of drug-likeness (QED) is 0.903. The van der Waals surface area contributed by atoms with Crippen LogP contribution in [0.3, 0.4) is 0 Å². The Bertz CT molecular complexity index is 423. The summed E-state index contributed by atoms with van der Waals surface area (Å²) < 4.78 is 11.2. The molecule has 19 heavy (non-hydrogen) atoms. The second-order valence-electron chi connectivity index (χ2n) is 5.61. The third-order valence-electron chi connectivity index (χ3n) is 4.42. The van der Waals surface area contributed by atoms with Crippen LogP contribution in [0.2, 0.25) is 0 Å². The van der Waals surface area contributed by atoms with Gasteiger partial charge in [0.1, 0.15) is 5.75 Å². The van der Waals surface area contributed by atoms with Crippen molar-refractivity contribution in [2.24, 2.45) is 0 Å². The Balaban J connectivity index is 1.86. The van der Waals surface area contributed by atoms with Crippen molar-refractivity contribution in [3.63, 3.8) is 0 Å². The Morgan fingerprint density at radius 2 is 2.26 bits per heavy atom. The molecule has 0 spiro atoms. The molecule has 3 heteroatoms. The number of ether oxygens (including phenoxy) is 2. The van der Waals surface area contributed by atoms with Crippen LogP contribution < -0.4 is 10.1 Å². The summed E-state index contributed by atoms with van der Waals surface area (Å²) in [5, 5.41) is 3.69. The molecule has 0 bridgehead atoms. The van der Waals surface area contributed by atoms with Crippen LogP contribution in [0.25, 0.3) is 0 Å². The first-order chi connectivity index (χ1) is 9.35. The Kier molecular flexibility index (Phi) is 3.76. The molecule has 3 rings (SSSR count). The van der Waals surface area contributed by atoms with Crippen LogP contribution in [0, 0.1) is 0 Å². The van der Waals surface area contributed by atoms with E-state index in [0.29, 0.717) is 12.6 Å². The van der Waals surface area contributed by atoms with Crippen LogP contribution in [-0.4, -0.2) is 32.4 Å². The van der Waals surface area contributed by atoms with Gasteiger partial charge in [0.05, 0.1) is 25.2 Å². The number of rotatable bonds is 4. The number of benzene rings is 1. The van der Waals surface area contributed by atoms with Crippen molar-refractivity contribution in [1.82, 2.24) is 5.32 Å². The van der Waals surface area contributed by atoms with Gasteiger partial charge >= 0.3 is 0 Å². The molecule has 0 radical (unpaired) electrons. The summed E-state index contributed by atoms with van der Waals surface area (Å²) in [6.45, 7) is 5.55. The molecule has 3 nitrogen and oxygen atoms in total. The molecular formula is C16H23NO2. The van der Waals surface area contributed by atoms with Crippen LogP contribution in [0.1, 0.15) is 31.7 Å². The molecule has 0 aliphatic carbocycles. The second kappa shape index (κ2) is 5.51. The fraction of sp³-hybridized carbons (Fsp3) is 0.625. The molecule has 1 atom stereocenters. The summed E-state index contributed by atoms with van der Waals surface area (Å²) in [6.07, 6.45) is 3.87. The second-order valence-corrected chi connectivity index (χ2v) is 5.61.